The first-order valence-electron chi connectivity index (χ1n) is 5.85. The van der Waals surface area contributed by atoms with Crippen LogP contribution in [0.2, 0.25) is 0 Å². The molecule has 1 atom stereocenters. The minimum atomic E-state index is -1.16. The van der Waals surface area contributed by atoms with Crippen molar-refractivity contribution in [3.05, 3.63) is 41.6 Å². The molecule has 1 heterocycles. The summed E-state index contributed by atoms with van der Waals surface area (Å²) in [6, 6.07) is 6.14. The maximum atomic E-state index is 11.4. The third-order valence-electron chi connectivity index (χ3n) is 2.65. The molecule has 0 bridgehead atoms. The van der Waals surface area contributed by atoms with Gasteiger partial charge < -0.3 is 20.5 Å². The highest BCUT2D eigenvalue weighted by Crippen LogP contribution is 2.21. The molecule has 0 saturated heterocycles. The Bertz CT molecular complexity index is 522. The van der Waals surface area contributed by atoms with E-state index in [9.17, 15) is 9.59 Å². The molecule has 6 heteroatoms. The number of carboxylic acids is 1. The molecule has 19 heavy (non-hydrogen) atoms. The Hall–Kier alpha value is -2.50. The van der Waals surface area contributed by atoms with Crippen molar-refractivity contribution in [2.24, 2.45) is 0 Å². The second kappa shape index (κ2) is 5.43. The van der Waals surface area contributed by atoms with Crippen LogP contribution in [-0.2, 0) is 4.79 Å². The lowest BCUT2D eigenvalue weighted by molar-refractivity contribution is -0.133. The monoisotopic (exact) mass is 262 g/mol. The van der Waals surface area contributed by atoms with Crippen LogP contribution in [0.25, 0.3) is 0 Å². The predicted octanol–water partition coefficient (Wildman–Crippen LogP) is 1.41. The molecule has 1 aromatic rings. The van der Waals surface area contributed by atoms with Gasteiger partial charge in [0, 0.05) is 0 Å². The van der Waals surface area contributed by atoms with E-state index in [4.69, 9.17) is 9.84 Å². The maximum Gasteiger partial charge on any atom is 0.352 e. The number of carboxylic acid groups (broad SMARTS) is 1. The molecule has 0 saturated carbocycles. The fourth-order valence-corrected chi connectivity index (χ4v) is 1.79. The second-order valence-electron chi connectivity index (χ2n) is 3.96. The SMILES string of the molecule is CCOc1ccc([C@H]2C=C(C(=O)O)NC(=O)N2)cc1. The average molecular weight is 262 g/mol. The van der Waals surface area contributed by atoms with Gasteiger partial charge in [-0.2, -0.15) is 0 Å². The van der Waals surface area contributed by atoms with E-state index in [1.807, 2.05) is 6.92 Å². The topological polar surface area (TPSA) is 87.7 Å². The van der Waals surface area contributed by atoms with Gasteiger partial charge in [-0.1, -0.05) is 12.1 Å². The van der Waals surface area contributed by atoms with Gasteiger partial charge in [-0.3, -0.25) is 0 Å². The molecule has 2 rings (SSSR count). The van der Waals surface area contributed by atoms with E-state index in [1.165, 1.54) is 6.08 Å². The molecule has 100 valence electrons. The molecular weight excluding hydrogens is 248 g/mol. The Morgan fingerprint density at radius 1 is 1.37 bits per heavy atom. The largest absolute Gasteiger partial charge is 0.494 e. The molecule has 0 unspecified atom stereocenters. The highest BCUT2D eigenvalue weighted by Gasteiger charge is 2.23. The molecule has 0 aromatic heterocycles. The summed E-state index contributed by atoms with van der Waals surface area (Å²) in [4.78, 5) is 22.3. The van der Waals surface area contributed by atoms with Crippen molar-refractivity contribution in [3.8, 4) is 5.75 Å². The average Bonchev–Trinajstić information content (AvgIpc) is 2.39. The Labute approximate surface area is 110 Å². The molecule has 0 aliphatic carbocycles. The number of hydrogen-bond donors (Lipinski definition) is 3. The van der Waals surface area contributed by atoms with E-state index in [2.05, 4.69) is 10.6 Å². The zero-order valence-electron chi connectivity index (χ0n) is 10.3. The summed E-state index contributed by atoms with van der Waals surface area (Å²) in [5.41, 5.74) is 0.666. The fraction of sp³-hybridized carbons (Fsp3) is 0.231. The van der Waals surface area contributed by atoms with Crippen molar-refractivity contribution in [2.75, 3.05) is 6.61 Å². The van der Waals surface area contributed by atoms with Gasteiger partial charge in [-0.05, 0) is 30.7 Å². The van der Waals surface area contributed by atoms with Crippen molar-refractivity contribution in [1.29, 1.82) is 0 Å². The first-order chi connectivity index (χ1) is 9.10. The Kier molecular flexibility index (Phi) is 3.70. The Morgan fingerprint density at radius 3 is 2.63 bits per heavy atom. The number of carbonyl (C=O) groups excluding carboxylic acids is 1. The van der Waals surface area contributed by atoms with Crippen LogP contribution in [0.15, 0.2) is 36.0 Å². The van der Waals surface area contributed by atoms with Crippen molar-refractivity contribution >= 4 is 12.0 Å². The van der Waals surface area contributed by atoms with E-state index in [-0.39, 0.29) is 5.70 Å². The minimum Gasteiger partial charge on any atom is -0.494 e. The lowest BCUT2D eigenvalue weighted by Crippen LogP contribution is -2.43. The smallest absolute Gasteiger partial charge is 0.352 e. The van der Waals surface area contributed by atoms with E-state index in [0.29, 0.717) is 6.61 Å². The summed E-state index contributed by atoms with van der Waals surface area (Å²) in [5.74, 6) is -0.431. The highest BCUT2D eigenvalue weighted by molar-refractivity contribution is 5.93. The van der Waals surface area contributed by atoms with Crippen LogP contribution in [0, 0.1) is 0 Å². The summed E-state index contributed by atoms with van der Waals surface area (Å²) in [7, 11) is 0. The first-order valence-corrected chi connectivity index (χ1v) is 5.85. The van der Waals surface area contributed by atoms with Crippen molar-refractivity contribution in [1.82, 2.24) is 10.6 Å². The summed E-state index contributed by atoms with van der Waals surface area (Å²) in [5, 5.41) is 13.8. The van der Waals surface area contributed by atoms with Crippen molar-refractivity contribution in [3.63, 3.8) is 0 Å². The quantitative estimate of drug-likeness (QED) is 0.765. The first kappa shape index (κ1) is 12.9. The molecule has 2 amide bonds. The van der Waals surface area contributed by atoms with E-state index in [1.54, 1.807) is 24.3 Å². The zero-order chi connectivity index (χ0) is 13.8. The summed E-state index contributed by atoms with van der Waals surface area (Å²) in [6.45, 7) is 2.47. The van der Waals surface area contributed by atoms with Gasteiger partial charge in [0.1, 0.15) is 11.4 Å². The number of aliphatic carboxylic acids is 1. The molecule has 6 nitrogen and oxygen atoms in total. The molecular formula is C13H14N2O4. The normalized spacial score (nSPS) is 18.1. The van der Waals surface area contributed by atoms with Gasteiger partial charge in [0.25, 0.3) is 0 Å². The van der Waals surface area contributed by atoms with E-state index >= 15 is 0 Å². The molecule has 0 spiro atoms. The highest BCUT2D eigenvalue weighted by atomic mass is 16.5. The van der Waals surface area contributed by atoms with Crippen LogP contribution in [0.5, 0.6) is 5.75 Å². The number of ether oxygens (including phenoxy) is 1. The molecule has 1 aromatic carbocycles. The maximum absolute atomic E-state index is 11.4. The second-order valence-corrected chi connectivity index (χ2v) is 3.96. The Morgan fingerprint density at radius 2 is 2.05 bits per heavy atom. The number of amides is 2. The van der Waals surface area contributed by atoms with Crippen molar-refractivity contribution < 1.29 is 19.4 Å². The van der Waals surface area contributed by atoms with Crippen molar-refractivity contribution in [2.45, 2.75) is 13.0 Å². The third kappa shape index (κ3) is 3.04. The fourth-order valence-electron chi connectivity index (χ4n) is 1.79. The van der Waals surface area contributed by atoms with E-state index in [0.717, 1.165) is 11.3 Å². The number of hydrogen-bond acceptors (Lipinski definition) is 3. The molecule has 3 N–H and O–H groups in total. The lowest BCUT2D eigenvalue weighted by atomic mass is 10.0. The van der Waals surface area contributed by atoms with Crippen LogP contribution in [0.3, 0.4) is 0 Å². The Balaban J connectivity index is 2.22. The summed E-state index contributed by atoms with van der Waals surface area (Å²) in [6.07, 6.45) is 1.46. The number of nitrogens with one attached hydrogen (secondary N) is 2. The number of benzene rings is 1. The molecule has 1 aliphatic heterocycles. The van der Waals surface area contributed by atoms with E-state index < -0.39 is 18.0 Å². The van der Waals surface area contributed by atoms with Crippen LogP contribution >= 0.6 is 0 Å². The zero-order valence-corrected chi connectivity index (χ0v) is 10.3. The lowest BCUT2D eigenvalue weighted by Gasteiger charge is -2.22. The molecule has 0 fully saturated rings. The van der Waals surface area contributed by atoms with Crippen LogP contribution < -0.4 is 15.4 Å². The number of urea groups is 1. The minimum absolute atomic E-state index is 0.123. The molecule has 1 aliphatic rings. The number of rotatable bonds is 4. The summed E-state index contributed by atoms with van der Waals surface area (Å²) < 4.78 is 5.32. The van der Waals surface area contributed by atoms with Gasteiger partial charge in [0.2, 0.25) is 0 Å². The standard InChI is InChI=1S/C13H14N2O4/c1-2-19-9-5-3-8(4-6-9)10-7-11(12(16)17)15-13(18)14-10/h3-7,10H,2H2,1H3,(H,16,17)(H2,14,15,18)/t10-/m1/s1. The molecule has 0 radical (unpaired) electrons. The van der Waals surface area contributed by atoms with Gasteiger partial charge in [-0.15, -0.1) is 0 Å². The van der Waals surface area contributed by atoms with Gasteiger partial charge in [0.05, 0.1) is 12.6 Å². The number of carbonyl (C=O) groups is 2. The van der Waals surface area contributed by atoms with Gasteiger partial charge in [0.15, 0.2) is 0 Å². The van der Waals surface area contributed by atoms with Gasteiger partial charge >= 0.3 is 12.0 Å². The third-order valence-corrected chi connectivity index (χ3v) is 2.65. The van der Waals surface area contributed by atoms with Gasteiger partial charge in [-0.25, -0.2) is 9.59 Å². The van der Waals surface area contributed by atoms with Crippen LogP contribution in [0.4, 0.5) is 4.79 Å². The van der Waals surface area contributed by atoms with Crippen LogP contribution in [-0.4, -0.2) is 23.7 Å². The summed E-state index contributed by atoms with van der Waals surface area (Å²) >= 11 is 0. The van der Waals surface area contributed by atoms with Crippen LogP contribution in [0.1, 0.15) is 18.5 Å². The predicted molar refractivity (Wildman–Crippen MR) is 67.7 cm³/mol.